The molecule has 3 rings (SSSR count). The number of imidazole rings is 1. The van der Waals surface area contributed by atoms with Crippen LogP contribution in [0.4, 0.5) is 13.2 Å². The van der Waals surface area contributed by atoms with Gasteiger partial charge in [-0.1, -0.05) is 12.1 Å². The number of hydrogen-bond donors (Lipinski definition) is 1. The fraction of sp³-hybridized carbons (Fsp3) is 0.0833. The molecule has 0 atom stereocenters. The number of benzene rings is 1. The lowest BCUT2D eigenvalue weighted by molar-refractivity contribution is -0.143. The van der Waals surface area contributed by atoms with E-state index in [9.17, 15) is 13.2 Å². The van der Waals surface area contributed by atoms with Crippen LogP contribution in [0.2, 0.25) is 0 Å². The van der Waals surface area contributed by atoms with Crippen LogP contribution in [0.5, 0.6) is 0 Å². The van der Waals surface area contributed by atoms with Gasteiger partial charge in [0.25, 0.3) is 0 Å². The summed E-state index contributed by atoms with van der Waals surface area (Å²) < 4.78 is 39.2. The molecule has 0 saturated heterocycles. The second-order valence-corrected chi connectivity index (χ2v) is 4.84. The number of nitrogens with zero attached hydrogens (tertiary/aromatic N) is 3. The fourth-order valence-corrected chi connectivity index (χ4v) is 2.46. The third-order valence-electron chi connectivity index (χ3n) is 2.47. The topological polar surface area (TPSA) is 54.5 Å². The van der Waals surface area contributed by atoms with Crippen LogP contribution >= 0.6 is 11.8 Å². The molecule has 1 aromatic carbocycles. The van der Waals surface area contributed by atoms with E-state index in [1.54, 1.807) is 18.2 Å². The molecule has 2 aromatic heterocycles. The summed E-state index contributed by atoms with van der Waals surface area (Å²) in [7, 11) is 0. The summed E-state index contributed by atoms with van der Waals surface area (Å²) in [5.41, 5.74) is -0.379. The monoisotopic (exact) mass is 296 g/mol. The number of fused-ring (bicyclic) bond motifs is 1. The highest BCUT2D eigenvalue weighted by Crippen LogP contribution is 2.37. The predicted molar refractivity (Wildman–Crippen MR) is 67.3 cm³/mol. The Morgan fingerprint density at radius 2 is 1.75 bits per heavy atom. The number of para-hydroxylation sites is 2. The van der Waals surface area contributed by atoms with Crippen LogP contribution in [-0.4, -0.2) is 19.9 Å². The third-order valence-corrected chi connectivity index (χ3v) is 3.37. The zero-order chi connectivity index (χ0) is 14.2. The molecule has 0 bridgehead atoms. The Balaban J connectivity index is 2.16. The summed E-state index contributed by atoms with van der Waals surface area (Å²) in [5, 5.41) is 0.117. The quantitative estimate of drug-likeness (QED) is 0.786. The van der Waals surface area contributed by atoms with Crippen LogP contribution in [0.25, 0.3) is 11.0 Å². The molecule has 0 amide bonds. The summed E-state index contributed by atoms with van der Waals surface area (Å²) in [5.74, 6) is 0. The summed E-state index contributed by atoms with van der Waals surface area (Å²) in [6, 6.07) is 6.44. The average molecular weight is 296 g/mol. The molecule has 0 aliphatic rings. The number of aromatic nitrogens is 4. The van der Waals surface area contributed by atoms with Gasteiger partial charge in [-0.2, -0.15) is 13.2 Å². The van der Waals surface area contributed by atoms with Gasteiger partial charge in [0, 0.05) is 12.4 Å². The van der Waals surface area contributed by atoms with Crippen molar-refractivity contribution in [1.29, 1.82) is 0 Å². The van der Waals surface area contributed by atoms with Gasteiger partial charge < -0.3 is 4.98 Å². The summed E-state index contributed by atoms with van der Waals surface area (Å²) >= 11 is 0.802. The van der Waals surface area contributed by atoms with Gasteiger partial charge >= 0.3 is 6.18 Å². The molecule has 8 heteroatoms. The van der Waals surface area contributed by atoms with Crippen LogP contribution in [0.3, 0.4) is 0 Å². The van der Waals surface area contributed by atoms with Crippen molar-refractivity contribution in [2.75, 3.05) is 0 Å². The van der Waals surface area contributed by atoms with Crippen LogP contribution in [-0.2, 0) is 6.18 Å². The summed E-state index contributed by atoms with van der Waals surface area (Å²) in [6.45, 7) is 0. The van der Waals surface area contributed by atoms with Crippen LogP contribution in [0, 0.1) is 0 Å². The molecule has 0 aliphatic heterocycles. The van der Waals surface area contributed by atoms with E-state index in [2.05, 4.69) is 19.9 Å². The maximum Gasteiger partial charge on any atom is 0.436 e. The van der Waals surface area contributed by atoms with Gasteiger partial charge in [0.15, 0.2) is 10.9 Å². The van der Waals surface area contributed by atoms with E-state index in [1.165, 1.54) is 18.5 Å². The van der Waals surface area contributed by atoms with E-state index in [0.717, 1.165) is 11.8 Å². The SMILES string of the molecule is FC(F)(F)c1nc2ccccc2nc1Sc1ncc[nH]1. The van der Waals surface area contributed by atoms with Gasteiger partial charge in [-0.15, -0.1) is 0 Å². The molecule has 0 aliphatic carbocycles. The number of alkyl halides is 3. The highest BCUT2D eigenvalue weighted by atomic mass is 32.2. The molecule has 2 heterocycles. The Bertz CT molecular complexity index is 740. The van der Waals surface area contributed by atoms with Crippen molar-refractivity contribution >= 4 is 22.8 Å². The molecule has 0 saturated carbocycles. The number of H-pyrrole nitrogens is 1. The number of halogens is 3. The number of aromatic amines is 1. The van der Waals surface area contributed by atoms with E-state index < -0.39 is 11.9 Å². The zero-order valence-electron chi connectivity index (χ0n) is 9.85. The van der Waals surface area contributed by atoms with Gasteiger partial charge in [0.2, 0.25) is 0 Å². The van der Waals surface area contributed by atoms with Gasteiger partial charge in [-0.05, 0) is 23.9 Å². The average Bonchev–Trinajstić information content (AvgIpc) is 2.89. The van der Waals surface area contributed by atoms with Crippen molar-refractivity contribution in [2.24, 2.45) is 0 Å². The first-order valence-electron chi connectivity index (χ1n) is 5.55. The minimum absolute atomic E-state index is 0.212. The predicted octanol–water partition coefficient (Wildman–Crippen LogP) is 3.52. The summed E-state index contributed by atoms with van der Waals surface area (Å²) in [4.78, 5) is 14.3. The molecule has 0 fully saturated rings. The van der Waals surface area contributed by atoms with Gasteiger partial charge in [-0.3, -0.25) is 0 Å². The van der Waals surface area contributed by atoms with E-state index >= 15 is 0 Å². The van der Waals surface area contributed by atoms with Gasteiger partial charge in [0.05, 0.1) is 11.0 Å². The Hall–Kier alpha value is -2.09. The van der Waals surface area contributed by atoms with Crippen LogP contribution < -0.4 is 0 Å². The van der Waals surface area contributed by atoms with Crippen molar-refractivity contribution in [3.8, 4) is 0 Å². The van der Waals surface area contributed by atoms with E-state index in [0.29, 0.717) is 10.7 Å². The molecule has 4 nitrogen and oxygen atoms in total. The molecule has 20 heavy (non-hydrogen) atoms. The van der Waals surface area contributed by atoms with Gasteiger partial charge in [0.1, 0.15) is 5.03 Å². The molecular formula is C12H7F3N4S. The lowest BCUT2D eigenvalue weighted by Gasteiger charge is -2.10. The van der Waals surface area contributed by atoms with E-state index in [4.69, 9.17) is 0 Å². The molecule has 0 spiro atoms. The number of hydrogen-bond acceptors (Lipinski definition) is 4. The minimum Gasteiger partial charge on any atom is -0.339 e. The summed E-state index contributed by atoms with van der Waals surface area (Å²) in [6.07, 6.45) is -1.57. The molecule has 3 aromatic rings. The van der Waals surface area contributed by atoms with Gasteiger partial charge in [-0.25, -0.2) is 15.0 Å². The first-order valence-corrected chi connectivity index (χ1v) is 6.37. The van der Waals surface area contributed by atoms with Crippen molar-refractivity contribution in [1.82, 2.24) is 19.9 Å². The lowest BCUT2D eigenvalue weighted by Crippen LogP contribution is -2.11. The highest BCUT2D eigenvalue weighted by molar-refractivity contribution is 7.99. The standard InChI is InChI=1S/C12H7F3N4S/c13-12(14,15)9-10(20-11-16-5-6-17-11)19-8-4-2-1-3-7(8)18-9/h1-6H,(H,16,17). The minimum atomic E-state index is -4.56. The smallest absolute Gasteiger partial charge is 0.339 e. The number of nitrogens with one attached hydrogen (secondary N) is 1. The van der Waals surface area contributed by atoms with Crippen molar-refractivity contribution in [2.45, 2.75) is 16.4 Å². The molecule has 0 unspecified atom stereocenters. The maximum atomic E-state index is 13.1. The maximum absolute atomic E-state index is 13.1. The second-order valence-electron chi connectivity index (χ2n) is 3.86. The van der Waals surface area contributed by atoms with Crippen molar-refractivity contribution in [3.63, 3.8) is 0 Å². The zero-order valence-corrected chi connectivity index (χ0v) is 10.7. The van der Waals surface area contributed by atoms with Crippen LogP contribution in [0.1, 0.15) is 5.69 Å². The largest absolute Gasteiger partial charge is 0.436 e. The first kappa shape index (κ1) is 12.9. The molecule has 102 valence electrons. The second kappa shape index (κ2) is 4.78. The first-order chi connectivity index (χ1) is 9.54. The number of rotatable bonds is 2. The Labute approximate surface area is 115 Å². The lowest BCUT2D eigenvalue weighted by atomic mass is 10.3. The molecule has 0 radical (unpaired) electrons. The van der Waals surface area contributed by atoms with E-state index in [1.807, 2.05) is 0 Å². The Kier molecular flexibility index (Phi) is 3.09. The van der Waals surface area contributed by atoms with Crippen molar-refractivity contribution < 1.29 is 13.2 Å². The van der Waals surface area contributed by atoms with E-state index in [-0.39, 0.29) is 10.5 Å². The Morgan fingerprint density at radius 1 is 1.05 bits per heavy atom. The third kappa shape index (κ3) is 2.46. The molecular weight excluding hydrogens is 289 g/mol. The van der Waals surface area contributed by atoms with Crippen LogP contribution in [0.15, 0.2) is 46.8 Å². The fourth-order valence-electron chi connectivity index (χ4n) is 1.64. The Morgan fingerprint density at radius 3 is 2.35 bits per heavy atom. The van der Waals surface area contributed by atoms with Crippen molar-refractivity contribution in [3.05, 3.63) is 42.4 Å². The normalized spacial score (nSPS) is 11.9. The molecule has 1 N–H and O–H groups in total. The highest BCUT2D eigenvalue weighted by Gasteiger charge is 2.37.